The van der Waals surface area contributed by atoms with E-state index in [0.717, 1.165) is 4.90 Å². The van der Waals surface area contributed by atoms with E-state index in [4.69, 9.17) is 25.8 Å². The molecule has 1 amide bonds. The topological polar surface area (TPSA) is 123 Å². The highest BCUT2D eigenvalue weighted by Crippen LogP contribution is 2.45. The smallest absolute Gasteiger partial charge is 0.338 e. The fourth-order valence-electron chi connectivity index (χ4n) is 4.30. The van der Waals surface area contributed by atoms with Crippen LogP contribution in [0.3, 0.4) is 0 Å². The number of halogens is 1. The van der Waals surface area contributed by atoms with Gasteiger partial charge in [-0.1, -0.05) is 29.8 Å². The van der Waals surface area contributed by atoms with Gasteiger partial charge in [0.1, 0.15) is 23.0 Å². The molecule has 10 heteroatoms. The van der Waals surface area contributed by atoms with Crippen molar-refractivity contribution in [1.29, 1.82) is 0 Å². The Morgan fingerprint density at radius 2 is 1.71 bits per heavy atom. The molecule has 0 aromatic heterocycles. The van der Waals surface area contributed by atoms with E-state index in [-0.39, 0.29) is 51.3 Å². The van der Waals surface area contributed by atoms with Crippen molar-refractivity contribution in [3.05, 3.63) is 87.9 Å². The molecule has 1 atom stereocenters. The first kappa shape index (κ1) is 26.6. The molecule has 1 fully saturated rings. The molecule has 3 aromatic rings. The standard InChI is InChI=1S/C28H24ClNO8/c1-4-38-28(35)16-8-5-9-17(11-16)30-24(15-7-6-10-18(31)12-15)23(26(33)27(30)34)25(32)19-13-22(37-3)20(29)14-21(19)36-2/h5-14,24,31-32H,4H2,1-3H3/b25-23+. The molecule has 1 saturated heterocycles. The zero-order chi connectivity index (χ0) is 27.6. The summed E-state index contributed by atoms with van der Waals surface area (Å²) in [4.78, 5) is 40.4. The molecule has 0 aliphatic carbocycles. The van der Waals surface area contributed by atoms with Gasteiger partial charge in [-0.05, 0) is 48.9 Å². The molecule has 9 nitrogen and oxygen atoms in total. The molecule has 3 aromatic carbocycles. The number of phenolic OH excluding ortho intramolecular Hbond substituents is 1. The van der Waals surface area contributed by atoms with Crippen molar-refractivity contribution in [2.45, 2.75) is 13.0 Å². The minimum Gasteiger partial charge on any atom is -0.508 e. The van der Waals surface area contributed by atoms with Crippen molar-refractivity contribution in [3.8, 4) is 17.2 Å². The third-order valence-electron chi connectivity index (χ3n) is 5.99. The Morgan fingerprint density at radius 1 is 1.00 bits per heavy atom. The quantitative estimate of drug-likeness (QED) is 0.189. The largest absolute Gasteiger partial charge is 0.508 e. The highest BCUT2D eigenvalue weighted by Gasteiger charge is 2.47. The summed E-state index contributed by atoms with van der Waals surface area (Å²) >= 11 is 6.21. The van der Waals surface area contributed by atoms with Crippen molar-refractivity contribution in [2.75, 3.05) is 25.7 Å². The second-order valence-electron chi connectivity index (χ2n) is 8.22. The van der Waals surface area contributed by atoms with Crippen molar-refractivity contribution < 1.29 is 38.8 Å². The monoisotopic (exact) mass is 537 g/mol. The first-order valence-electron chi connectivity index (χ1n) is 11.5. The first-order chi connectivity index (χ1) is 18.2. The van der Waals surface area contributed by atoms with Crippen LogP contribution >= 0.6 is 11.6 Å². The SMILES string of the molecule is CCOC(=O)c1cccc(N2C(=O)C(=O)/C(=C(/O)c3cc(OC)c(Cl)cc3OC)C2c2cccc(O)c2)c1. The predicted octanol–water partition coefficient (Wildman–Crippen LogP) is 4.87. The molecular weight excluding hydrogens is 514 g/mol. The number of aromatic hydroxyl groups is 1. The van der Waals surface area contributed by atoms with Crippen LogP contribution in [0.1, 0.15) is 34.5 Å². The van der Waals surface area contributed by atoms with Crippen molar-refractivity contribution in [2.24, 2.45) is 0 Å². The molecule has 1 unspecified atom stereocenters. The molecule has 1 heterocycles. The predicted molar refractivity (Wildman–Crippen MR) is 140 cm³/mol. The van der Waals surface area contributed by atoms with Crippen molar-refractivity contribution in [3.63, 3.8) is 0 Å². The average molecular weight is 538 g/mol. The highest BCUT2D eigenvalue weighted by molar-refractivity contribution is 6.51. The fourth-order valence-corrected chi connectivity index (χ4v) is 4.53. The van der Waals surface area contributed by atoms with Crippen molar-refractivity contribution in [1.82, 2.24) is 0 Å². The number of carbonyl (C=O) groups is 3. The fraction of sp³-hybridized carbons (Fsp3) is 0.179. The van der Waals surface area contributed by atoms with Crippen LogP contribution in [-0.2, 0) is 14.3 Å². The summed E-state index contributed by atoms with van der Waals surface area (Å²) in [6, 6.07) is 13.7. The molecule has 1 aliphatic rings. The van der Waals surface area contributed by atoms with E-state index < -0.39 is 29.5 Å². The molecule has 0 radical (unpaired) electrons. The lowest BCUT2D eigenvalue weighted by Gasteiger charge is -2.26. The maximum absolute atomic E-state index is 13.5. The number of ketones is 1. The van der Waals surface area contributed by atoms with E-state index in [0.29, 0.717) is 5.56 Å². The Kier molecular flexibility index (Phi) is 7.59. The normalized spacial score (nSPS) is 16.4. The van der Waals surface area contributed by atoms with Crippen LogP contribution < -0.4 is 14.4 Å². The number of hydrogen-bond donors (Lipinski definition) is 2. The number of ether oxygens (including phenoxy) is 3. The number of hydrogen-bond acceptors (Lipinski definition) is 8. The molecule has 0 saturated carbocycles. The summed E-state index contributed by atoms with van der Waals surface area (Å²) < 4.78 is 15.7. The molecular formula is C28H24ClNO8. The van der Waals surface area contributed by atoms with E-state index in [1.54, 1.807) is 31.2 Å². The van der Waals surface area contributed by atoms with Crippen LogP contribution in [0, 0.1) is 0 Å². The summed E-state index contributed by atoms with van der Waals surface area (Å²) in [5.74, 6) is -2.82. The minimum atomic E-state index is -1.16. The van der Waals surface area contributed by atoms with Crippen LogP contribution in [-0.4, -0.2) is 48.7 Å². The van der Waals surface area contributed by atoms with Gasteiger partial charge in [-0.3, -0.25) is 14.5 Å². The van der Waals surface area contributed by atoms with Gasteiger partial charge in [0.2, 0.25) is 0 Å². The van der Waals surface area contributed by atoms with Gasteiger partial charge in [0.05, 0.1) is 48.6 Å². The zero-order valence-electron chi connectivity index (χ0n) is 20.7. The van der Waals surface area contributed by atoms with E-state index >= 15 is 0 Å². The Bertz CT molecular complexity index is 1460. The van der Waals surface area contributed by atoms with E-state index in [1.165, 1.54) is 50.6 Å². The summed E-state index contributed by atoms with van der Waals surface area (Å²) in [7, 11) is 2.75. The van der Waals surface area contributed by atoms with Gasteiger partial charge in [-0.25, -0.2) is 4.79 Å². The first-order valence-corrected chi connectivity index (χ1v) is 11.9. The Labute approximate surface area is 223 Å². The maximum atomic E-state index is 13.5. The van der Waals surface area contributed by atoms with Crippen molar-refractivity contribution >= 4 is 40.7 Å². The number of Topliss-reactive ketones (excluding diaryl/α,β-unsaturated/α-hetero) is 1. The molecule has 0 spiro atoms. The van der Waals surface area contributed by atoms with Gasteiger partial charge >= 0.3 is 5.97 Å². The van der Waals surface area contributed by atoms with Crippen LogP contribution in [0.15, 0.2) is 66.2 Å². The number of aliphatic hydroxyl groups excluding tert-OH is 1. The number of anilines is 1. The third kappa shape index (κ3) is 4.76. The van der Waals surface area contributed by atoms with Crippen LogP contribution in [0.25, 0.3) is 5.76 Å². The molecule has 4 rings (SSSR count). The van der Waals surface area contributed by atoms with E-state index in [2.05, 4.69) is 0 Å². The molecule has 1 aliphatic heterocycles. The lowest BCUT2D eigenvalue weighted by molar-refractivity contribution is -0.132. The van der Waals surface area contributed by atoms with Crippen LogP contribution in [0.2, 0.25) is 5.02 Å². The third-order valence-corrected chi connectivity index (χ3v) is 6.29. The molecule has 2 N–H and O–H groups in total. The summed E-state index contributed by atoms with van der Waals surface area (Å²) in [6.07, 6.45) is 0. The van der Waals surface area contributed by atoms with Gasteiger partial charge < -0.3 is 24.4 Å². The summed E-state index contributed by atoms with van der Waals surface area (Å²) in [5.41, 5.74) is 0.532. The molecule has 196 valence electrons. The second-order valence-corrected chi connectivity index (χ2v) is 8.63. The van der Waals surface area contributed by atoms with Gasteiger partial charge in [0.15, 0.2) is 0 Å². The Balaban J connectivity index is 1.98. The number of benzene rings is 3. The lowest BCUT2D eigenvalue weighted by Crippen LogP contribution is -2.29. The van der Waals surface area contributed by atoms with Crippen LogP contribution in [0.4, 0.5) is 5.69 Å². The number of phenols is 1. The second kappa shape index (κ2) is 10.9. The number of rotatable bonds is 7. The van der Waals surface area contributed by atoms with Gasteiger partial charge in [-0.2, -0.15) is 0 Å². The number of nitrogens with zero attached hydrogens (tertiary/aromatic N) is 1. The number of carbonyl (C=O) groups excluding carboxylic acids is 3. The molecule has 0 bridgehead atoms. The minimum absolute atomic E-state index is 0.0668. The summed E-state index contributed by atoms with van der Waals surface area (Å²) in [6.45, 7) is 1.82. The van der Waals surface area contributed by atoms with Crippen LogP contribution in [0.5, 0.6) is 17.2 Å². The average Bonchev–Trinajstić information content (AvgIpc) is 3.18. The lowest BCUT2D eigenvalue weighted by atomic mass is 9.94. The van der Waals surface area contributed by atoms with Gasteiger partial charge in [-0.15, -0.1) is 0 Å². The van der Waals surface area contributed by atoms with E-state index in [9.17, 15) is 24.6 Å². The highest BCUT2D eigenvalue weighted by atomic mass is 35.5. The van der Waals surface area contributed by atoms with E-state index in [1.807, 2.05) is 0 Å². The molecule has 38 heavy (non-hydrogen) atoms. The van der Waals surface area contributed by atoms with Gasteiger partial charge in [0, 0.05) is 11.8 Å². The Hall–Kier alpha value is -4.50. The number of aliphatic hydroxyl groups is 1. The number of esters is 1. The number of amides is 1. The summed E-state index contributed by atoms with van der Waals surface area (Å²) in [5, 5.41) is 21.9. The Morgan fingerprint density at radius 3 is 2.37 bits per heavy atom. The number of methoxy groups -OCH3 is 2. The van der Waals surface area contributed by atoms with Gasteiger partial charge in [0.25, 0.3) is 11.7 Å². The zero-order valence-corrected chi connectivity index (χ0v) is 21.5. The maximum Gasteiger partial charge on any atom is 0.338 e.